The van der Waals surface area contributed by atoms with Crippen LogP contribution in [0.4, 0.5) is 0 Å². The zero-order valence-electron chi connectivity index (χ0n) is 18.7. The maximum atomic E-state index is 12.9. The van der Waals surface area contributed by atoms with Crippen molar-refractivity contribution >= 4 is 51.4 Å². The molecule has 2 aromatic carbocycles. The second-order valence-electron chi connectivity index (χ2n) is 7.76. The Morgan fingerprint density at radius 2 is 1.85 bits per heavy atom. The Labute approximate surface area is 205 Å². The van der Waals surface area contributed by atoms with Crippen LogP contribution in [0, 0.1) is 19.3 Å². The fraction of sp³-hybridized carbons (Fsp3) is 0.120. The highest BCUT2D eigenvalue weighted by Gasteiger charge is 2.36. The fourth-order valence-corrected chi connectivity index (χ4v) is 5.17. The molecule has 9 heteroatoms. The van der Waals surface area contributed by atoms with Crippen LogP contribution in [0.5, 0.6) is 5.75 Å². The number of aromatic nitrogens is 1. The number of aliphatic imine (C=N–C) groups is 1. The summed E-state index contributed by atoms with van der Waals surface area (Å²) in [4.78, 5) is 17.1. The second kappa shape index (κ2) is 8.62. The van der Waals surface area contributed by atoms with Gasteiger partial charge in [0.1, 0.15) is 10.8 Å². The number of amides is 1. The van der Waals surface area contributed by atoms with Gasteiger partial charge in [0.15, 0.2) is 5.84 Å². The Morgan fingerprint density at radius 3 is 2.56 bits per heavy atom. The molecule has 0 aliphatic carbocycles. The first-order valence-electron chi connectivity index (χ1n) is 10.5. The van der Waals surface area contributed by atoms with Crippen LogP contribution in [0.2, 0.25) is 5.02 Å². The molecule has 1 amide bonds. The summed E-state index contributed by atoms with van der Waals surface area (Å²) in [5.74, 6) is 0.302. The fourth-order valence-electron chi connectivity index (χ4n) is 3.95. The molecule has 34 heavy (non-hydrogen) atoms. The highest BCUT2D eigenvalue weighted by Crippen LogP contribution is 2.33. The van der Waals surface area contributed by atoms with E-state index in [4.69, 9.17) is 21.7 Å². The lowest BCUT2D eigenvalue weighted by molar-refractivity contribution is -0.114. The lowest BCUT2D eigenvalue weighted by Crippen LogP contribution is -2.35. The number of carbonyl (C=O) groups is 1. The highest BCUT2D eigenvalue weighted by atomic mass is 35.5. The van der Waals surface area contributed by atoms with E-state index < -0.39 is 5.91 Å². The van der Waals surface area contributed by atoms with Crippen molar-refractivity contribution in [2.75, 3.05) is 7.11 Å². The number of thioether (sulfide) groups is 1. The van der Waals surface area contributed by atoms with Gasteiger partial charge in [-0.3, -0.25) is 10.2 Å². The number of benzene rings is 2. The summed E-state index contributed by atoms with van der Waals surface area (Å²) in [6.45, 7) is 3.98. The van der Waals surface area contributed by atoms with Gasteiger partial charge in [-0.15, -0.1) is 0 Å². The van der Waals surface area contributed by atoms with Gasteiger partial charge in [-0.25, -0.2) is 0 Å². The van der Waals surface area contributed by atoms with E-state index in [1.165, 1.54) is 16.8 Å². The van der Waals surface area contributed by atoms with Crippen molar-refractivity contribution in [2.24, 2.45) is 10.1 Å². The SMILES string of the molecule is COc1ccc(-n2c(C)cc(/C=C3/C(=N)N4N=C(c5ccccc5Cl)SC4=NC3=O)c2C)cc1. The summed E-state index contributed by atoms with van der Waals surface area (Å²) >= 11 is 7.54. The number of amidine groups is 2. The summed E-state index contributed by atoms with van der Waals surface area (Å²) in [6, 6.07) is 17.1. The molecule has 3 aromatic rings. The Morgan fingerprint density at radius 1 is 1.12 bits per heavy atom. The number of halogens is 1. The van der Waals surface area contributed by atoms with Crippen LogP contribution in [0.1, 0.15) is 22.5 Å². The molecule has 0 unspecified atom stereocenters. The molecule has 170 valence electrons. The lowest BCUT2D eigenvalue weighted by atomic mass is 10.1. The normalized spacial score (nSPS) is 16.6. The Hall–Kier alpha value is -3.62. The molecule has 5 rings (SSSR count). The topological polar surface area (TPSA) is 83.0 Å². The highest BCUT2D eigenvalue weighted by molar-refractivity contribution is 8.27. The number of rotatable bonds is 4. The quantitative estimate of drug-likeness (QED) is 0.496. The van der Waals surface area contributed by atoms with Crippen LogP contribution >= 0.6 is 23.4 Å². The van der Waals surface area contributed by atoms with Crippen LogP contribution in [0.15, 0.2) is 70.3 Å². The lowest BCUT2D eigenvalue weighted by Gasteiger charge is -2.20. The molecular weight excluding hydrogens is 470 g/mol. The van der Waals surface area contributed by atoms with Crippen molar-refractivity contribution < 1.29 is 9.53 Å². The Kier molecular flexibility index (Phi) is 5.63. The van der Waals surface area contributed by atoms with E-state index in [1.54, 1.807) is 19.3 Å². The zero-order valence-corrected chi connectivity index (χ0v) is 20.2. The van der Waals surface area contributed by atoms with Crippen LogP contribution in [0.3, 0.4) is 0 Å². The number of nitrogens with one attached hydrogen (secondary N) is 1. The first-order chi connectivity index (χ1) is 16.4. The second-order valence-corrected chi connectivity index (χ2v) is 9.13. The maximum Gasteiger partial charge on any atom is 0.283 e. The van der Waals surface area contributed by atoms with Gasteiger partial charge in [-0.2, -0.15) is 15.1 Å². The van der Waals surface area contributed by atoms with E-state index in [0.717, 1.165) is 34.0 Å². The van der Waals surface area contributed by atoms with Gasteiger partial charge < -0.3 is 9.30 Å². The molecule has 1 aromatic heterocycles. The Balaban J connectivity index is 1.50. The van der Waals surface area contributed by atoms with Gasteiger partial charge in [0.05, 0.1) is 17.7 Å². The minimum absolute atomic E-state index is 0.0150. The van der Waals surface area contributed by atoms with Crippen molar-refractivity contribution in [1.29, 1.82) is 5.41 Å². The third kappa shape index (κ3) is 3.74. The van der Waals surface area contributed by atoms with E-state index in [-0.39, 0.29) is 11.4 Å². The number of aryl methyl sites for hydroxylation is 1. The number of hydrogen-bond acceptors (Lipinski definition) is 5. The van der Waals surface area contributed by atoms with Gasteiger partial charge in [-0.05, 0) is 73.6 Å². The molecule has 1 N–H and O–H groups in total. The predicted octanol–water partition coefficient (Wildman–Crippen LogP) is 5.42. The average molecular weight is 490 g/mol. The number of hydrogen-bond donors (Lipinski definition) is 1. The van der Waals surface area contributed by atoms with Gasteiger partial charge >= 0.3 is 0 Å². The summed E-state index contributed by atoms with van der Waals surface area (Å²) in [7, 11) is 1.63. The van der Waals surface area contributed by atoms with E-state index >= 15 is 0 Å². The average Bonchev–Trinajstić information content (AvgIpc) is 3.37. The van der Waals surface area contributed by atoms with Crippen LogP contribution < -0.4 is 4.74 Å². The number of nitrogens with zero attached hydrogens (tertiary/aromatic N) is 4. The van der Waals surface area contributed by atoms with Crippen molar-refractivity contribution in [1.82, 2.24) is 9.58 Å². The molecule has 0 radical (unpaired) electrons. The number of hydrazone groups is 1. The summed E-state index contributed by atoms with van der Waals surface area (Å²) < 4.78 is 7.35. The molecule has 0 atom stereocenters. The number of fused-ring (bicyclic) bond motifs is 1. The largest absolute Gasteiger partial charge is 0.497 e. The zero-order chi connectivity index (χ0) is 24.0. The molecule has 3 heterocycles. The van der Waals surface area contributed by atoms with E-state index in [0.29, 0.717) is 15.2 Å². The van der Waals surface area contributed by atoms with E-state index in [2.05, 4.69) is 14.7 Å². The van der Waals surface area contributed by atoms with Gasteiger partial charge in [-0.1, -0.05) is 29.8 Å². The summed E-state index contributed by atoms with van der Waals surface area (Å²) in [5, 5.41) is 16.1. The van der Waals surface area contributed by atoms with E-state index in [1.807, 2.05) is 62.4 Å². The molecule has 0 spiro atoms. The smallest absolute Gasteiger partial charge is 0.283 e. The minimum Gasteiger partial charge on any atom is -0.497 e. The van der Waals surface area contributed by atoms with Crippen molar-refractivity contribution in [3.63, 3.8) is 0 Å². The van der Waals surface area contributed by atoms with Crippen molar-refractivity contribution in [3.05, 3.63) is 87.7 Å². The van der Waals surface area contributed by atoms with Gasteiger partial charge in [0, 0.05) is 22.6 Å². The molecule has 0 fully saturated rings. The monoisotopic (exact) mass is 489 g/mol. The molecule has 7 nitrogen and oxygen atoms in total. The molecular formula is C25H20ClN5O2S. The van der Waals surface area contributed by atoms with Crippen molar-refractivity contribution in [2.45, 2.75) is 13.8 Å². The molecule has 0 saturated heterocycles. The Bertz CT molecular complexity index is 1440. The third-order valence-corrected chi connectivity index (χ3v) is 6.93. The van der Waals surface area contributed by atoms with E-state index in [9.17, 15) is 4.79 Å². The van der Waals surface area contributed by atoms with Crippen LogP contribution in [-0.4, -0.2) is 38.6 Å². The third-order valence-electron chi connectivity index (χ3n) is 5.66. The minimum atomic E-state index is -0.464. The van der Waals surface area contributed by atoms with Gasteiger partial charge in [0.2, 0.25) is 5.17 Å². The summed E-state index contributed by atoms with van der Waals surface area (Å²) in [6.07, 6.45) is 1.71. The predicted molar refractivity (Wildman–Crippen MR) is 137 cm³/mol. The number of ether oxygens (including phenoxy) is 1. The summed E-state index contributed by atoms with van der Waals surface area (Å²) in [5.41, 5.74) is 4.69. The van der Waals surface area contributed by atoms with Gasteiger partial charge in [0.25, 0.3) is 5.91 Å². The standard InChI is InChI=1S/C25H20ClN5O2S/c1-14-12-16(15(2)30(14)17-8-10-18(33-3)11-9-17)13-20-22(27)31-25(28-23(20)32)34-24(29-31)19-6-4-5-7-21(19)26/h4-13,27H,1-3H3/b20-13-,27-22?. The van der Waals surface area contributed by atoms with Crippen molar-refractivity contribution in [3.8, 4) is 11.4 Å². The number of methoxy groups -OCH3 is 1. The first-order valence-corrected chi connectivity index (χ1v) is 11.7. The molecule has 0 bridgehead atoms. The molecule has 0 saturated carbocycles. The first kappa shape index (κ1) is 22.2. The number of carbonyl (C=O) groups excluding carboxylic acids is 1. The maximum absolute atomic E-state index is 12.9. The van der Waals surface area contributed by atoms with Crippen LogP contribution in [0.25, 0.3) is 11.8 Å². The molecule has 2 aliphatic heterocycles. The molecule has 2 aliphatic rings. The van der Waals surface area contributed by atoms with Crippen LogP contribution in [-0.2, 0) is 4.79 Å².